The fourth-order valence-corrected chi connectivity index (χ4v) is 2.85. The maximum absolute atomic E-state index is 13.1. The highest BCUT2D eigenvalue weighted by Gasteiger charge is 2.21. The Hall–Kier alpha value is -3.87. The zero-order chi connectivity index (χ0) is 18.1. The largest absolute Gasteiger partial charge is 0.287 e. The van der Waals surface area contributed by atoms with Crippen LogP contribution in [0.2, 0.25) is 0 Å². The number of fused-ring (bicyclic) bond motifs is 1. The fraction of sp³-hybridized carbons (Fsp3) is 0. The van der Waals surface area contributed by atoms with Crippen LogP contribution in [0.25, 0.3) is 16.9 Å². The standard InChI is InChI=1S/C19H12N4O3/c24-18(14-6-3-7-15(11-14)23(25)26)17-12-13-5-1-2-8-16(13)22(17)19-20-9-4-10-21-19/h1-12H. The maximum Gasteiger partial charge on any atom is 0.270 e. The minimum atomic E-state index is -0.521. The predicted octanol–water partition coefficient (Wildman–Crippen LogP) is 3.56. The summed E-state index contributed by atoms with van der Waals surface area (Å²) in [5, 5.41) is 11.9. The summed E-state index contributed by atoms with van der Waals surface area (Å²) in [7, 11) is 0. The molecule has 0 fully saturated rings. The van der Waals surface area contributed by atoms with Crippen molar-refractivity contribution in [2.45, 2.75) is 0 Å². The SMILES string of the molecule is O=C(c1cccc([N+](=O)[O-])c1)c1cc2ccccc2n1-c1ncccn1. The molecule has 0 radical (unpaired) electrons. The van der Waals surface area contributed by atoms with Crippen molar-refractivity contribution >= 4 is 22.4 Å². The Balaban J connectivity index is 1.93. The molecule has 0 bridgehead atoms. The van der Waals surface area contributed by atoms with Gasteiger partial charge in [0.25, 0.3) is 5.69 Å². The van der Waals surface area contributed by atoms with Gasteiger partial charge in [-0.15, -0.1) is 0 Å². The zero-order valence-electron chi connectivity index (χ0n) is 13.4. The summed E-state index contributed by atoms with van der Waals surface area (Å²) in [6.45, 7) is 0. The Morgan fingerprint density at radius 2 is 1.73 bits per heavy atom. The molecule has 4 rings (SSSR count). The van der Waals surface area contributed by atoms with Crippen molar-refractivity contribution in [3.8, 4) is 5.95 Å². The van der Waals surface area contributed by atoms with Crippen LogP contribution in [0.1, 0.15) is 16.1 Å². The summed E-state index contributed by atoms with van der Waals surface area (Å²) in [5.74, 6) is 0.0276. The number of carbonyl (C=O) groups is 1. The summed E-state index contributed by atoms with van der Waals surface area (Å²) in [6.07, 6.45) is 3.19. The average Bonchev–Trinajstić information content (AvgIpc) is 3.07. The third-order valence-electron chi connectivity index (χ3n) is 4.01. The fourth-order valence-electron chi connectivity index (χ4n) is 2.85. The average molecular weight is 344 g/mol. The lowest BCUT2D eigenvalue weighted by Gasteiger charge is -2.08. The summed E-state index contributed by atoms with van der Waals surface area (Å²) < 4.78 is 1.66. The van der Waals surface area contributed by atoms with Crippen LogP contribution in [0.4, 0.5) is 5.69 Å². The van der Waals surface area contributed by atoms with Crippen molar-refractivity contribution in [2.24, 2.45) is 0 Å². The predicted molar refractivity (Wildman–Crippen MR) is 95.4 cm³/mol. The van der Waals surface area contributed by atoms with Gasteiger partial charge in [0.1, 0.15) is 0 Å². The van der Waals surface area contributed by atoms with Crippen LogP contribution in [0.3, 0.4) is 0 Å². The van der Waals surface area contributed by atoms with Crippen molar-refractivity contribution < 1.29 is 9.72 Å². The van der Waals surface area contributed by atoms with Crippen molar-refractivity contribution in [3.05, 3.63) is 94.4 Å². The Bertz CT molecular complexity index is 1140. The Morgan fingerprint density at radius 1 is 0.962 bits per heavy atom. The van der Waals surface area contributed by atoms with E-state index in [-0.39, 0.29) is 17.0 Å². The van der Waals surface area contributed by atoms with Crippen molar-refractivity contribution in [1.82, 2.24) is 14.5 Å². The number of ketones is 1. The minimum Gasteiger partial charge on any atom is -0.287 e. The van der Waals surface area contributed by atoms with Gasteiger partial charge in [0.2, 0.25) is 11.7 Å². The first-order chi connectivity index (χ1) is 12.6. The second-order valence-electron chi connectivity index (χ2n) is 5.61. The van der Waals surface area contributed by atoms with Gasteiger partial charge in [-0.3, -0.25) is 19.5 Å². The first-order valence-corrected chi connectivity index (χ1v) is 7.82. The van der Waals surface area contributed by atoms with E-state index >= 15 is 0 Å². The highest BCUT2D eigenvalue weighted by Crippen LogP contribution is 2.25. The summed E-state index contributed by atoms with van der Waals surface area (Å²) in [6, 6.07) is 16.6. The molecule has 4 aromatic rings. The molecule has 7 heteroatoms. The number of benzene rings is 2. The van der Waals surface area contributed by atoms with Crippen LogP contribution in [-0.2, 0) is 0 Å². The topological polar surface area (TPSA) is 90.9 Å². The van der Waals surface area contributed by atoms with Gasteiger partial charge < -0.3 is 0 Å². The summed E-state index contributed by atoms with van der Waals surface area (Å²) in [5.41, 5.74) is 1.24. The molecular formula is C19H12N4O3. The monoisotopic (exact) mass is 344 g/mol. The van der Waals surface area contributed by atoms with E-state index in [1.54, 1.807) is 35.2 Å². The maximum atomic E-state index is 13.1. The molecule has 0 unspecified atom stereocenters. The summed E-state index contributed by atoms with van der Waals surface area (Å²) >= 11 is 0. The molecule has 0 aliphatic heterocycles. The molecule has 26 heavy (non-hydrogen) atoms. The van der Waals surface area contributed by atoms with Crippen LogP contribution in [0.5, 0.6) is 0 Å². The van der Waals surface area contributed by atoms with Gasteiger partial charge in [-0.1, -0.05) is 30.3 Å². The molecule has 0 atom stereocenters. The van der Waals surface area contributed by atoms with E-state index in [0.29, 0.717) is 11.6 Å². The van der Waals surface area contributed by atoms with Gasteiger partial charge in [0, 0.05) is 35.5 Å². The van der Waals surface area contributed by atoms with Crippen LogP contribution >= 0.6 is 0 Å². The van der Waals surface area contributed by atoms with Crippen molar-refractivity contribution in [3.63, 3.8) is 0 Å². The number of nitrogens with zero attached hydrogens (tertiary/aromatic N) is 4. The molecule has 0 aliphatic rings. The van der Waals surface area contributed by atoms with Crippen LogP contribution in [-0.4, -0.2) is 25.2 Å². The number of nitro groups is 1. The van der Waals surface area contributed by atoms with E-state index in [9.17, 15) is 14.9 Å². The zero-order valence-corrected chi connectivity index (χ0v) is 13.4. The van der Waals surface area contributed by atoms with E-state index in [4.69, 9.17) is 0 Å². The third-order valence-corrected chi connectivity index (χ3v) is 4.01. The summed E-state index contributed by atoms with van der Waals surface area (Å²) in [4.78, 5) is 32.1. The van der Waals surface area contributed by atoms with E-state index in [1.807, 2.05) is 24.3 Å². The van der Waals surface area contributed by atoms with Gasteiger partial charge in [-0.05, 0) is 18.2 Å². The van der Waals surface area contributed by atoms with E-state index < -0.39 is 4.92 Å². The molecule has 2 aromatic heterocycles. The quantitative estimate of drug-likeness (QED) is 0.321. The van der Waals surface area contributed by atoms with Crippen molar-refractivity contribution in [1.29, 1.82) is 0 Å². The smallest absolute Gasteiger partial charge is 0.270 e. The first kappa shape index (κ1) is 15.6. The van der Waals surface area contributed by atoms with Crippen LogP contribution < -0.4 is 0 Å². The molecule has 2 aromatic carbocycles. The Kier molecular flexibility index (Phi) is 3.74. The number of hydrogen-bond donors (Lipinski definition) is 0. The number of aromatic nitrogens is 3. The molecule has 0 saturated carbocycles. The van der Waals surface area contributed by atoms with Crippen molar-refractivity contribution in [2.75, 3.05) is 0 Å². The minimum absolute atomic E-state index is 0.130. The van der Waals surface area contributed by atoms with E-state index in [0.717, 1.165) is 10.9 Å². The second kappa shape index (κ2) is 6.21. The number of para-hydroxylation sites is 1. The number of rotatable bonds is 4. The molecular weight excluding hydrogens is 332 g/mol. The van der Waals surface area contributed by atoms with E-state index in [2.05, 4.69) is 9.97 Å². The number of carbonyl (C=O) groups excluding carboxylic acids is 1. The van der Waals surface area contributed by atoms with Crippen LogP contribution in [0.15, 0.2) is 73.1 Å². The van der Waals surface area contributed by atoms with Gasteiger partial charge in [0.15, 0.2) is 0 Å². The molecule has 126 valence electrons. The van der Waals surface area contributed by atoms with Gasteiger partial charge in [-0.2, -0.15) is 0 Å². The van der Waals surface area contributed by atoms with E-state index in [1.165, 1.54) is 18.2 Å². The molecule has 2 heterocycles. The van der Waals surface area contributed by atoms with Gasteiger partial charge in [0.05, 0.1) is 16.1 Å². The molecule has 0 amide bonds. The number of non-ortho nitro benzene ring substituents is 1. The molecule has 0 N–H and O–H groups in total. The highest BCUT2D eigenvalue weighted by atomic mass is 16.6. The Labute approximate surface area is 147 Å². The highest BCUT2D eigenvalue weighted by molar-refractivity contribution is 6.11. The lowest BCUT2D eigenvalue weighted by atomic mass is 10.1. The van der Waals surface area contributed by atoms with Crippen LogP contribution in [0, 0.1) is 10.1 Å². The molecule has 0 aliphatic carbocycles. The number of nitro benzene ring substituents is 1. The first-order valence-electron chi connectivity index (χ1n) is 7.82. The normalized spacial score (nSPS) is 10.8. The second-order valence-corrected chi connectivity index (χ2v) is 5.61. The molecule has 7 nitrogen and oxygen atoms in total. The Morgan fingerprint density at radius 3 is 2.50 bits per heavy atom. The third kappa shape index (κ3) is 2.61. The lowest BCUT2D eigenvalue weighted by Crippen LogP contribution is -2.11. The van der Waals surface area contributed by atoms with Gasteiger partial charge >= 0.3 is 0 Å². The molecule has 0 spiro atoms. The lowest BCUT2D eigenvalue weighted by molar-refractivity contribution is -0.384. The molecule has 0 saturated heterocycles. The number of hydrogen-bond acceptors (Lipinski definition) is 5. The van der Waals surface area contributed by atoms with Gasteiger partial charge in [-0.25, -0.2) is 9.97 Å².